The van der Waals surface area contributed by atoms with E-state index in [9.17, 15) is 23.6 Å². The van der Waals surface area contributed by atoms with Crippen molar-refractivity contribution in [3.05, 3.63) is 68.7 Å². The summed E-state index contributed by atoms with van der Waals surface area (Å²) in [4.78, 5) is 51.7. The molecule has 0 atom stereocenters. The van der Waals surface area contributed by atoms with Crippen LogP contribution in [0, 0.1) is 11.6 Å². The predicted molar refractivity (Wildman–Crippen MR) is 112 cm³/mol. The summed E-state index contributed by atoms with van der Waals surface area (Å²) in [6.45, 7) is -0.0591. The van der Waals surface area contributed by atoms with Crippen LogP contribution in [0.1, 0.15) is 56.7 Å². The Morgan fingerprint density at radius 1 is 0.970 bits per heavy atom. The van der Waals surface area contributed by atoms with Gasteiger partial charge in [-0.3, -0.25) is 19.2 Å². The lowest BCUT2D eigenvalue weighted by atomic mass is 9.98. The molecule has 3 aliphatic rings. The maximum absolute atomic E-state index is 15.4. The molecule has 0 radical (unpaired) electrons. The molecule has 0 aliphatic carbocycles. The summed E-state index contributed by atoms with van der Waals surface area (Å²) in [5.41, 5.74) is 0.424. The van der Waals surface area contributed by atoms with Gasteiger partial charge in [0.2, 0.25) is 11.8 Å². The number of halogens is 3. The minimum atomic E-state index is -1.17. The monoisotopic (exact) mass is 473 g/mol. The highest BCUT2D eigenvalue weighted by atomic mass is 35.5. The highest BCUT2D eigenvalue weighted by Gasteiger charge is 2.42. The number of amides is 4. The Morgan fingerprint density at radius 2 is 1.70 bits per heavy atom. The van der Waals surface area contributed by atoms with Crippen LogP contribution in [0.15, 0.2) is 24.3 Å². The third-order valence-corrected chi connectivity index (χ3v) is 6.65. The van der Waals surface area contributed by atoms with Crippen LogP contribution in [0.5, 0.6) is 0 Å². The number of imide groups is 1. The maximum atomic E-state index is 15.4. The molecule has 0 aromatic heterocycles. The van der Waals surface area contributed by atoms with Crippen molar-refractivity contribution in [2.45, 2.75) is 38.8 Å². The molecule has 5 rings (SSSR count). The normalized spacial score (nSPS) is 18.0. The number of fused-ring (bicyclic) bond motifs is 2. The minimum absolute atomic E-state index is 0.0763. The van der Waals surface area contributed by atoms with Gasteiger partial charge >= 0.3 is 0 Å². The van der Waals surface area contributed by atoms with E-state index in [2.05, 4.69) is 0 Å². The second kappa shape index (κ2) is 7.91. The smallest absolute Gasteiger partial charge is 0.273 e. The molecule has 0 unspecified atom stereocenters. The third kappa shape index (κ3) is 3.38. The number of benzene rings is 2. The minimum Gasteiger partial charge on any atom is -0.334 e. The average molecular weight is 474 g/mol. The van der Waals surface area contributed by atoms with E-state index in [0.717, 1.165) is 22.2 Å². The Hall–Kier alpha value is -3.33. The van der Waals surface area contributed by atoms with Gasteiger partial charge in [-0.25, -0.2) is 13.8 Å². The van der Waals surface area contributed by atoms with Crippen LogP contribution >= 0.6 is 11.6 Å². The number of carbonyl (C=O) groups is 4. The lowest BCUT2D eigenvalue weighted by Gasteiger charge is -2.32. The summed E-state index contributed by atoms with van der Waals surface area (Å²) in [6, 6.07) is 6.11. The van der Waals surface area contributed by atoms with Crippen LogP contribution in [0.3, 0.4) is 0 Å². The summed E-state index contributed by atoms with van der Waals surface area (Å²) < 4.78 is 30.4. The van der Waals surface area contributed by atoms with Gasteiger partial charge in [0.1, 0.15) is 17.2 Å². The molecule has 3 aliphatic heterocycles. The Labute approximate surface area is 192 Å². The predicted octanol–water partition coefficient (Wildman–Crippen LogP) is 3.23. The van der Waals surface area contributed by atoms with Gasteiger partial charge in [0.25, 0.3) is 11.8 Å². The number of carbonyl (C=O) groups excluding carboxylic acids is 4. The van der Waals surface area contributed by atoms with Gasteiger partial charge in [0.05, 0.1) is 12.1 Å². The van der Waals surface area contributed by atoms with E-state index < -0.39 is 47.4 Å². The maximum Gasteiger partial charge on any atom is 0.273 e. The first-order valence-corrected chi connectivity index (χ1v) is 10.9. The Balaban J connectivity index is 1.46. The third-order valence-electron chi connectivity index (χ3n) is 6.30. The summed E-state index contributed by atoms with van der Waals surface area (Å²) in [7, 11) is 0. The first-order chi connectivity index (χ1) is 15.8. The zero-order valence-electron chi connectivity index (χ0n) is 17.4. The van der Waals surface area contributed by atoms with Gasteiger partial charge in [-0.15, -0.1) is 0 Å². The van der Waals surface area contributed by atoms with E-state index in [-0.39, 0.29) is 37.1 Å². The van der Waals surface area contributed by atoms with Gasteiger partial charge in [-0.2, -0.15) is 5.01 Å². The molecular weight excluding hydrogens is 456 g/mol. The number of hydrogen-bond acceptors (Lipinski definition) is 4. The lowest BCUT2D eigenvalue weighted by molar-refractivity contribution is -0.163. The van der Waals surface area contributed by atoms with Crippen molar-refractivity contribution in [3.8, 4) is 0 Å². The van der Waals surface area contributed by atoms with Gasteiger partial charge in [-0.05, 0) is 36.1 Å². The topological polar surface area (TPSA) is 78.0 Å². The van der Waals surface area contributed by atoms with E-state index in [0.29, 0.717) is 22.9 Å². The first-order valence-electron chi connectivity index (χ1n) is 10.5. The number of nitrogens with zero attached hydrogens (tertiary/aromatic N) is 3. The van der Waals surface area contributed by atoms with Gasteiger partial charge in [0, 0.05) is 36.5 Å². The molecule has 33 heavy (non-hydrogen) atoms. The molecule has 1 saturated heterocycles. The fourth-order valence-corrected chi connectivity index (χ4v) is 4.92. The van der Waals surface area contributed by atoms with Gasteiger partial charge < -0.3 is 4.90 Å². The van der Waals surface area contributed by atoms with Gasteiger partial charge in [0.15, 0.2) is 0 Å². The van der Waals surface area contributed by atoms with Crippen molar-refractivity contribution in [3.63, 3.8) is 0 Å². The molecule has 4 amide bonds. The summed E-state index contributed by atoms with van der Waals surface area (Å²) in [5, 5.41) is 2.11. The molecule has 0 bridgehead atoms. The van der Waals surface area contributed by atoms with Crippen LogP contribution < -0.4 is 0 Å². The highest BCUT2D eigenvalue weighted by Crippen LogP contribution is 2.33. The molecule has 10 heteroatoms. The van der Waals surface area contributed by atoms with Crippen LogP contribution in [0.2, 0.25) is 5.02 Å². The Bertz CT molecular complexity index is 1230. The molecule has 2 aromatic rings. The fraction of sp³-hybridized carbons (Fsp3) is 0.304. The molecule has 3 heterocycles. The molecule has 7 nitrogen and oxygen atoms in total. The largest absolute Gasteiger partial charge is 0.334 e. The average Bonchev–Trinajstić information content (AvgIpc) is 3.10. The Kier molecular flexibility index (Phi) is 5.16. The second-order valence-electron chi connectivity index (χ2n) is 8.24. The van der Waals surface area contributed by atoms with Crippen LogP contribution in [-0.2, 0) is 29.1 Å². The van der Waals surface area contributed by atoms with Gasteiger partial charge in [-0.1, -0.05) is 23.7 Å². The van der Waals surface area contributed by atoms with Crippen molar-refractivity contribution in [2.75, 3.05) is 6.54 Å². The standard InChI is InChI=1S/C23H18ClF2N3O4/c24-16-4-1-3-12-10-27(8-7-13(12)16)23(33)20-17(25)9-14-15(21(20)26)11-28(22(14)32)29-18(30)5-2-6-19(29)31/h1,3-4,9H,2,5-8,10-11H2. The molecule has 0 N–H and O–H groups in total. The SMILES string of the molecule is O=C(c1c(F)cc2c(c1F)CN(N1C(=O)CCCC1=O)C2=O)N1CCc2c(Cl)cccc2C1. The highest BCUT2D eigenvalue weighted by molar-refractivity contribution is 6.31. The summed E-state index contributed by atoms with van der Waals surface area (Å²) >= 11 is 6.20. The zero-order valence-corrected chi connectivity index (χ0v) is 18.1. The lowest BCUT2D eigenvalue weighted by Crippen LogP contribution is -2.52. The molecule has 2 aromatic carbocycles. The van der Waals surface area contributed by atoms with E-state index in [1.165, 1.54) is 4.90 Å². The van der Waals surface area contributed by atoms with Crippen LogP contribution in [0.4, 0.5) is 8.78 Å². The van der Waals surface area contributed by atoms with Crippen LogP contribution in [0.25, 0.3) is 0 Å². The molecule has 170 valence electrons. The Morgan fingerprint density at radius 3 is 2.42 bits per heavy atom. The zero-order chi connectivity index (χ0) is 23.4. The molecule has 1 fully saturated rings. The summed E-state index contributed by atoms with van der Waals surface area (Å²) in [5.74, 6) is -5.16. The molecular formula is C23H18ClF2N3O4. The van der Waals surface area contributed by atoms with E-state index in [1.54, 1.807) is 18.2 Å². The molecule has 0 saturated carbocycles. The quantitative estimate of drug-likeness (QED) is 0.627. The van der Waals surface area contributed by atoms with E-state index >= 15 is 4.39 Å². The van der Waals surface area contributed by atoms with Crippen molar-refractivity contribution in [1.82, 2.24) is 14.9 Å². The van der Waals surface area contributed by atoms with Crippen molar-refractivity contribution < 1.29 is 28.0 Å². The number of rotatable bonds is 2. The number of hydrogen-bond donors (Lipinski definition) is 0. The number of hydrazine groups is 1. The van der Waals surface area contributed by atoms with E-state index in [4.69, 9.17) is 11.6 Å². The van der Waals surface area contributed by atoms with Crippen LogP contribution in [-0.4, -0.2) is 45.1 Å². The van der Waals surface area contributed by atoms with Crippen molar-refractivity contribution in [2.24, 2.45) is 0 Å². The molecule has 0 spiro atoms. The van der Waals surface area contributed by atoms with E-state index in [1.807, 2.05) is 0 Å². The summed E-state index contributed by atoms with van der Waals surface area (Å²) in [6.07, 6.45) is 0.967. The first kappa shape index (κ1) is 21.5. The van der Waals surface area contributed by atoms with Crippen molar-refractivity contribution >= 4 is 35.2 Å². The number of piperidine rings is 1. The fourth-order valence-electron chi connectivity index (χ4n) is 4.63. The second-order valence-corrected chi connectivity index (χ2v) is 8.65. The van der Waals surface area contributed by atoms with Crippen molar-refractivity contribution in [1.29, 1.82) is 0 Å².